The topological polar surface area (TPSA) is 80.6 Å². The van der Waals surface area contributed by atoms with E-state index < -0.39 is 5.91 Å². The maximum Gasteiger partial charge on any atom is 0.305 e. The average Bonchev–Trinajstić information content (AvgIpc) is 3.22. The van der Waals surface area contributed by atoms with E-state index in [1.165, 1.54) is 17.8 Å². The molecule has 0 bridgehead atoms. The zero-order valence-electron chi connectivity index (χ0n) is 15.4. The largest absolute Gasteiger partial charge is 0.486 e. The SMILES string of the molecule is O=C(CCSc1ccccc1Cl)NNC(=O)c1ccc(COc2ccccc2)o1. The molecule has 6 nitrogen and oxygen atoms in total. The van der Waals surface area contributed by atoms with Crippen LogP contribution in [0.3, 0.4) is 0 Å². The van der Waals surface area contributed by atoms with E-state index >= 15 is 0 Å². The van der Waals surface area contributed by atoms with Crippen molar-refractivity contribution in [3.63, 3.8) is 0 Å². The maximum atomic E-state index is 12.1. The van der Waals surface area contributed by atoms with Crippen molar-refractivity contribution in [1.29, 1.82) is 0 Å². The van der Waals surface area contributed by atoms with E-state index in [9.17, 15) is 9.59 Å². The Labute approximate surface area is 177 Å². The molecule has 1 aromatic heterocycles. The zero-order chi connectivity index (χ0) is 20.5. The minimum atomic E-state index is -0.539. The third-order valence-electron chi connectivity index (χ3n) is 3.75. The van der Waals surface area contributed by atoms with Gasteiger partial charge in [0.15, 0.2) is 5.76 Å². The van der Waals surface area contributed by atoms with Crippen molar-refractivity contribution in [2.45, 2.75) is 17.9 Å². The van der Waals surface area contributed by atoms with Crippen molar-refractivity contribution >= 4 is 35.2 Å². The van der Waals surface area contributed by atoms with Crippen molar-refractivity contribution in [1.82, 2.24) is 10.9 Å². The van der Waals surface area contributed by atoms with Crippen molar-refractivity contribution in [3.8, 4) is 5.75 Å². The van der Waals surface area contributed by atoms with Crippen LogP contribution in [0.5, 0.6) is 5.75 Å². The molecule has 0 saturated carbocycles. The molecule has 0 radical (unpaired) electrons. The van der Waals surface area contributed by atoms with Crippen LogP contribution < -0.4 is 15.6 Å². The smallest absolute Gasteiger partial charge is 0.305 e. The summed E-state index contributed by atoms with van der Waals surface area (Å²) in [4.78, 5) is 24.9. The van der Waals surface area contributed by atoms with Crippen LogP contribution in [0.15, 0.2) is 76.0 Å². The van der Waals surface area contributed by atoms with Gasteiger partial charge in [-0.05, 0) is 36.4 Å². The first-order valence-electron chi connectivity index (χ1n) is 8.85. The highest BCUT2D eigenvalue weighted by Gasteiger charge is 2.13. The Bertz CT molecular complexity index is 962. The Morgan fingerprint density at radius 1 is 0.966 bits per heavy atom. The van der Waals surface area contributed by atoms with E-state index in [4.69, 9.17) is 20.8 Å². The molecule has 0 spiro atoms. The first-order chi connectivity index (χ1) is 14.1. The van der Waals surface area contributed by atoms with Crippen molar-refractivity contribution in [3.05, 3.63) is 83.3 Å². The Hall–Kier alpha value is -2.90. The Kier molecular flexibility index (Phi) is 7.61. The molecule has 0 aliphatic carbocycles. The molecule has 3 aromatic rings. The summed E-state index contributed by atoms with van der Waals surface area (Å²) in [6, 6.07) is 19.9. The van der Waals surface area contributed by atoms with E-state index in [1.807, 2.05) is 48.5 Å². The fourth-order valence-corrected chi connectivity index (χ4v) is 3.50. The molecule has 1 heterocycles. The number of nitrogens with one attached hydrogen (secondary N) is 2. The van der Waals surface area contributed by atoms with E-state index in [-0.39, 0.29) is 24.7 Å². The van der Waals surface area contributed by atoms with Crippen molar-refractivity contribution in [2.75, 3.05) is 5.75 Å². The van der Waals surface area contributed by atoms with Gasteiger partial charge >= 0.3 is 5.91 Å². The summed E-state index contributed by atoms with van der Waals surface area (Å²) in [5.74, 6) is 0.980. The van der Waals surface area contributed by atoms with Gasteiger partial charge in [-0.15, -0.1) is 11.8 Å². The number of rotatable bonds is 8. The number of thioether (sulfide) groups is 1. The third kappa shape index (κ3) is 6.58. The maximum absolute atomic E-state index is 12.1. The van der Waals surface area contributed by atoms with Gasteiger partial charge in [-0.2, -0.15) is 0 Å². The second-order valence-electron chi connectivity index (χ2n) is 5.90. The van der Waals surface area contributed by atoms with Gasteiger partial charge in [0, 0.05) is 17.1 Å². The zero-order valence-corrected chi connectivity index (χ0v) is 17.0. The summed E-state index contributed by atoms with van der Waals surface area (Å²) < 4.78 is 11.0. The molecule has 2 N–H and O–H groups in total. The lowest BCUT2D eigenvalue weighted by molar-refractivity contribution is -0.121. The molecule has 0 saturated heterocycles. The van der Waals surface area contributed by atoms with Crippen LogP contribution >= 0.6 is 23.4 Å². The fraction of sp³-hybridized carbons (Fsp3) is 0.143. The first-order valence-corrected chi connectivity index (χ1v) is 10.2. The second-order valence-corrected chi connectivity index (χ2v) is 7.44. The Morgan fingerprint density at radius 3 is 2.52 bits per heavy atom. The van der Waals surface area contributed by atoms with Crippen LogP contribution in [-0.4, -0.2) is 17.6 Å². The van der Waals surface area contributed by atoms with Gasteiger partial charge in [0.1, 0.15) is 18.1 Å². The van der Waals surface area contributed by atoms with Crippen LogP contribution in [-0.2, 0) is 11.4 Å². The molecular weight excluding hydrogens is 412 g/mol. The monoisotopic (exact) mass is 430 g/mol. The molecule has 0 unspecified atom stereocenters. The fourth-order valence-electron chi connectivity index (χ4n) is 2.31. The van der Waals surface area contributed by atoms with Crippen molar-refractivity contribution < 1.29 is 18.7 Å². The summed E-state index contributed by atoms with van der Waals surface area (Å²) in [6.45, 7) is 0.197. The molecule has 8 heteroatoms. The lowest BCUT2D eigenvalue weighted by atomic mass is 10.3. The predicted molar refractivity (Wildman–Crippen MR) is 112 cm³/mol. The van der Waals surface area contributed by atoms with Gasteiger partial charge < -0.3 is 9.15 Å². The van der Waals surface area contributed by atoms with Gasteiger partial charge in [-0.25, -0.2) is 0 Å². The Balaban J connectivity index is 1.38. The van der Waals surface area contributed by atoms with E-state index in [1.54, 1.807) is 12.1 Å². The number of hydrogen-bond acceptors (Lipinski definition) is 5. The lowest BCUT2D eigenvalue weighted by Crippen LogP contribution is -2.41. The number of halogens is 1. The summed E-state index contributed by atoms with van der Waals surface area (Å²) in [6.07, 6.45) is 0.227. The molecule has 2 amide bonds. The highest BCUT2D eigenvalue weighted by molar-refractivity contribution is 7.99. The minimum Gasteiger partial charge on any atom is -0.486 e. The number of carbonyl (C=O) groups is 2. The standard InChI is InChI=1S/C21H19ClN2O4S/c22-17-8-4-5-9-19(17)29-13-12-20(25)23-24-21(26)18-11-10-16(28-18)14-27-15-6-2-1-3-7-15/h1-11H,12-14H2,(H,23,25)(H,24,26). The van der Waals surface area contributed by atoms with Crippen molar-refractivity contribution in [2.24, 2.45) is 0 Å². The number of furan rings is 1. The number of ether oxygens (including phenoxy) is 1. The number of hydrazine groups is 1. The van der Waals surface area contributed by atoms with Crippen LogP contribution in [0, 0.1) is 0 Å². The number of para-hydroxylation sites is 1. The van der Waals surface area contributed by atoms with Crippen LogP contribution in [0.4, 0.5) is 0 Å². The summed E-state index contributed by atoms with van der Waals surface area (Å²) >= 11 is 7.55. The minimum absolute atomic E-state index is 0.0856. The van der Waals surface area contributed by atoms with Crippen LogP contribution in [0.25, 0.3) is 0 Å². The van der Waals surface area contributed by atoms with E-state index in [0.717, 1.165) is 4.90 Å². The number of amides is 2. The number of benzene rings is 2. The average molecular weight is 431 g/mol. The Morgan fingerprint density at radius 2 is 1.72 bits per heavy atom. The molecular formula is C21H19ClN2O4S. The molecule has 150 valence electrons. The predicted octanol–water partition coefficient (Wildman–Crippen LogP) is 4.46. The van der Waals surface area contributed by atoms with E-state index in [2.05, 4.69) is 10.9 Å². The normalized spacial score (nSPS) is 10.4. The quantitative estimate of drug-likeness (QED) is 0.407. The van der Waals surface area contributed by atoms with Gasteiger partial charge in [-0.1, -0.05) is 41.9 Å². The number of hydrogen-bond donors (Lipinski definition) is 2. The molecule has 0 fully saturated rings. The molecule has 29 heavy (non-hydrogen) atoms. The molecule has 2 aromatic carbocycles. The summed E-state index contributed by atoms with van der Waals surface area (Å²) in [5, 5.41) is 0.649. The molecule has 0 aliphatic rings. The van der Waals surface area contributed by atoms with Gasteiger partial charge in [-0.3, -0.25) is 20.4 Å². The summed E-state index contributed by atoms with van der Waals surface area (Å²) in [5.41, 5.74) is 4.71. The highest BCUT2D eigenvalue weighted by Crippen LogP contribution is 2.26. The lowest BCUT2D eigenvalue weighted by Gasteiger charge is -2.07. The van der Waals surface area contributed by atoms with Crippen LogP contribution in [0.1, 0.15) is 22.7 Å². The third-order valence-corrected chi connectivity index (χ3v) is 5.27. The molecule has 3 rings (SSSR count). The van der Waals surface area contributed by atoms with E-state index in [0.29, 0.717) is 22.3 Å². The highest BCUT2D eigenvalue weighted by atomic mass is 35.5. The van der Waals surface area contributed by atoms with Crippen LogP contribution in [0.2, 0.25) is 5.02 Å². The first kappa shape index (κ1) is 20.8. The summed E-state index contributed by atoms with van der Waals surface area (Å²) in [7, 11) is 0. The van der Waals surface area contributed by atoms with Gasteiger partial charge in [0.05, 0.1) is 5.02 Å². The van der Waals surface area contributed by atoms with Gasteiger partial charge in [0.25, 0.3) is 0 Å². The number of carbonyl (C=O) groups excluding carboxylic acids is 2. The molecule has 0 atom stereocenters. The molecule has 0 aliphatic heterocycles. The van der Waals surface area contributed by atoms with Gasteiger partial charge in [0.2, 0.25) is 5.91 Å². The second kappa shape index (κ2) is 10.6.